The average molecular weight is 407 g/mol. The van der Waals surface area contributed by atoms with Gasteiger partial charge in [0, 0.05) is 21.2 Å². The Labute approximate surface area is 172 Å². The number of primary amides is 1. The van der Waals surface area contributed by atoms with Gasteiger partial charge < -0.3 is 5.73 Å². The fourth-order valence-corrected chi connectivity index (χ4v) is 4.05. The van der Waals surface area contributed by atoms with Crippen LogP contribution in [0.2, 0.25) is 10.0 Å². The van der Waals surface area contributed by atoms with E-state index in [-0.39, 0.29) is 0 Å². The zero-order valence-electron chi connectivity index (χ0n) is 14.8. The van der Waals surface area contributed by atoms with Crippen LogP contribution in [0.15, 0.2) is 78.9 Å². The van der Waals surface area contributed by atoms with Crippen LogP contribution in [-0.4, -0.2) is 10.9 Å². The fraction of sp³-hybridized carbons (Fsp3) is 0.0435. The summed E-state index contributed by atoms with van der Waals surface area (Å²) in [5, 5.41) is 2.97. The number of carbonyl (C=O) groups excluding carboxylic acids is 1. The highest BCUT2D eigenvalue weighted by Crippen LogP contribution is 2.36. The molecule has 2 N–H and O–H groups in total. The van der Waals surface area contributed by atoms with Crippen LogP contribution in [-0.2, 0) is 4.79 Å². The Kier molecular flexibility index (Phi) is 5.03. The van der Waals surface area contributed by atoms with Crippen molar-refractivity contribution in [3.8, 4) is 11.3 Å². The molecule has 0 aliphatic rings. The lowest BCUT2D eigenvalue weighted by Gasteiger charge is -2.17. The molecule has 1 heterocycles. The summed E-state index contributed by atoms with van der Waals surface area (Å²) in [5.74, 6) is -1.39. The molecule has 3 aromatic carbocycles. The van der Waals surface area contributed by atoms with E-state index >= 15 is 0 Å². The Morgan fingerprint density at radius 2 is 1.46 bits per heavy atom. The Bertz CT molecular complexity index is 1160. The summed E-state index contributed by atoms with van der Waals surface area (Å²) in [7, 11) is 0. The standard InChI is InChI=1S/C23H16Cl2N2O/c24-17-10-4-11-18(25)21(17)22(23(26)28)20-13-5-12-19(27-20)16-9-3-7-14-6-1-2-8-15(14)16/h1-13,22H,(H2,26,28). The fourth-order valence-electron chi connectivity index (χ4n) is 3.43. The average Bonchev–Trinajstić information content (AvgIpc) is 2.70. The monoisotopic (exact) mass is 406 g/mol. The van der Waals surface area contributed by atoms with E-state index in [0.717, 1.165) is 22.0 Å². The first-order chi connectivity index (χ1) is 13.6. The lowest BCUT2D eigenvalue weighted by molar-refractivity contribution is -0.118. The molecule has 3 nitrogen and oxygen atoms in total. The van der Waals surface area contributed by atoms with Gasteiger partial charge in [0.25, 0.3) is 0 Å². The third-order valence-corrected chi connectivity index (χ3v) is 5.36. The topological polar surface area (TPSA) is 56.0 Å². The number of rotatable bonds is 4. The van der Waals surface area contributed by atoms with Gasteiger partial charge in [-0.3, -0.25) is 9.78 Å². The number of amides is 1. The molecular weight excluding hydrogens is 391 g/mol. The number of aromatic nitrogens is 1. The molecule has 0 fully saturated rings. The van der Waals surface area contributed by atoms with Gasteiger partial charge in [-0.2, -0.15) is 0 Å². The van der Waals surface area contributed by atoms with Gasteiger partial charge in [-0.15, -0.1) is 0 Å². The smallest absolute Gasteiger partial charge is 0.231 e. The van der Waals surface area contributed by atoms with Crippen LogP contribution in [0.4, 0.5) is 0 Å². The Balaban J connectivity index is 1.89. The molecule has 5 heteroatoms. The Hall–Kier alpha value is -2.88. The first kappa shape index (κ1) is 18.5. The van der Waals surface area contributed by atoms with Crippen molar-refractivity contribution in [3.63, 3.8) is 0 Å². The van der Waals surface area contributed by atoms with Crippen LogP contribution < -0.4 is 5.73 Å². The minimum absolute atomic E-state index is 0.383. The van der Waals surface area contributed by atoms with Gasteiger partial charge in [0.15, 0.2) is 0 Å². The SMILES string of the molecule is NC(=O)C(c1cccc(-c2cccc3ccccc23)n1)c1c(Cl)cccc1Cl. The maximum atomic E-state index is 12.3. The molecule has 138 valence electrons. The number of nitrogens with two attached hydrogens (primary N) is 1. The molecule has 4 rings (SSSR count). The minimum atomic E-state index is -0.837. The van der Waals surface area contributed by atoms with E-state index < -0.39 is 11.8 Å². The van der Waals surface area contributed by atoms with Gasteiger partial charge in [-0.05, 0) is 35.0 Å². The summed E-state index contributed by atoms with van der Waals surface area (Å²) in [4.78, 5) is 17.1. The molecule has 0 saturated heterocycles. The van der Waals surface area contributed by atoms with Crippen LogP contribution in [0.25, 0.3) is 22.0 Å². The summed E-state index contributed by atoms with van der Waals surface area (Å²) in [6.45, 7) is 0. The van der Waals surface area contributed by atoms with Crippen molar-refractivity contribution >= 4 is 39.9 Å². The third kappa shape index (κ3) is 3.35. The van der Waals surface area contributed by atoms with Crippen LogP contribution in [0.3, 0.4) is 0 Å². The largest absolute Gasteiger partial charge is 0.369 e. The van der Waals surface area contributed by atoms with Gasteiger partial charge in [-0.25, -0.2) is 0 Å². The first-order valence-corrected chi connectivity index (χ1v) is 9.50. The van der Waals surface area contributed by atoms with E-state index in [1.807, 2.05) is 36.4 Å². The quantitative estimate of drug-likeness (QED) is 0.463. The molecule has 0 aliphatic heterocycles. The van der Waals surface area contributed by atoms with Gasteiger partial charge >= 0.3 is 0 Å². The first-order valence-electron chi connectivity index (χ1n) is 8.74. The Morgan fingerprint density at radius 1 is 0.821 bits per heavy atom. The number of pyridine rings is 1. The second-order valence-corrected chi connectivity index (χ2v) is 7.26. The van der Waals surface area contributed by atoms with Crippen LogP contribution in [0.1, 0.15) is 17.2 Å². The molecule has 0 saturated carbocycles. The molecule has 0 aliphatic carbocycles. The van der Waals surface area contributed by atoms with Crippen LogP contribution in [0, 0.1) is 0 Å². The number of hydrogen-bond donors (Lipinski definition) is 1. The molecular formula is C23H16Cl2N2O. The highest BCUT2D eigenvalue weighted by atomic mass is 35.5. The van der Waals surface area contributed by atoms with E-state index in [9.17, 15) is 4.79 Å². The van der Waals surface area contributed by atoms with E-state index in [2.05, 4.69) is 18.2 Å². The number of fused-ring (bicyclic) bond motifs is 1. The number of carbonyl (C=O) groups is 1. The summed E-state index contributed by atoms with van der Waals surface area (Å²) in [5.41, 5.74) is 8.44. The molecule has 0 bridgehead atoms. The van der Waals surface area contributed by atoms with Crippen molar-refractivity contribution in [2.24, 2.45) is 5.73 Å². The van der Waals surface area contributed by atoms with E-state index in [0.29, 0.717) is 21.3 Å². The number of halogens is 2. The predicted molar refractivity (Wildman–Crippen MR) is 115 cm³/mol. The zero-order valence-corrected chi connectivity index (χ0v) is 16.3. The molecule has 1 atom stereocenters. The molecule has 0 radical (unpaired) electrons. The maximum Gasteiger partial charge on any atom is 0.231 e. The predicted octanol–water partition coefficient (Wildman–Crippen LogP) is 5.83. The highest BCUT2D eigenvalue weighted by Gasteiger charge is 2.27. The van der Waals surface area contributed by atoms with Crippen LogP contribution in [0.5, 0.6) is 0 Å². The van der Waals surface area contributed by atoms with Crippen molar-refractivity contribution < 1.29 is 4.79 Å². The summed E-state index contributed by atoms with van der Waals surface area (Å²) in [6.07, 6.45) is 0. The van der Waals surface area contributed by atoms with E-state index in [4.69, 9.17) is 33.9 Å². The molecule has 28 heavy (non-hydrogen) atoms. The molecule has 0 spiro atoms. The minimum Gasteiger partial charge on any atom is -0.369 e. The molecule has 4 aromatic rings. The molecule has 1 amide bonds. The van der Waals surface area contributed by atoms with Gasteiger partial charge in [-0.1, -0.05) is 77.8 Å². The van der Waals surface area contributed by atoms with Crippen molar-refractivity contribution in [3.05, 3.63) is 100 Å². The van der Waals surface area contributed by atoms with Crippen molar-refractivity contribution in [2.75, 3.05) is 0 Å². The van der Waals surface area contributed by atoms with Gasteiger partial charge in [0.1, 0.15) is 5.92 Å². The number of nitrogens with zero attached hydrogens (tertiary/aromatic N) is 1. The van der Waals surface area contributed by atoms with Gasteiger partial charge in [0.05, 0.1) is 11.4 Å². The number of benzene rings is 3. The summed E-state index contributed by atoms with van der Waals surface area (Å²) < 4.78 is 0. The van der Waals surface area contributed by atoms with E-state index in [1.165, 1.54) is 0 Å². The maximum absolute atomic E-state index is 12.3. The summed E-state index contributed by atoms with van der Waals surface area (Å²) in [6, 6.07) is 24.8. The molecule has 1 unspecified atom stereocenters. The Morgan fingerprint density at radius 3 is 2.21 bits per heavy atom. The van der Waals surface area contributed by atoms with Gasteiger partial charge in [0.2, 0.25) is 5.91 Å². The van der Waals surface area contributed by atoms with Crippen molar-refractivity contribution in [1.29, 1.82) is 0 Å². The zero-order chi connectivity index (χ0) is 19.7. The normalized spacial score (nSPS) is 12.1. The second kappa shape index (κ2) is 7.63. The van der Waals surface area contributed by atoms with E-state index in [1.54, 1.807) is 24.3 Å². The number of hydrogen-bond acceptors (Lipinski definition) is 2. The van der Waals surface area contributed by atoms with Crippen LogP contribution >= 0.6 is 23.2 Å². The van der Waals surface area contributed by atoms with Crippen molar-refractivity contribution in [1.82, 2.24) is 4.98 Å². The van der Waals surface area contributed by atoms with Crippen molar-refractivity contribution in [2.45, 2.75) is 5.92 Å². The second-order valence-electron chi connectivity index (χ2n) is 6.45. The third-order valence-electron chi connectivity index (χ3n) is 4.70. The molecule has 1 aromatic heterocycles. The lowest BCUT2D eigenvalue weighted by atomic mass is 9.93. The highest BCUT2D eigenvalue weighted by molar-refractivity contribution is 6.36. The lowest BCUT2D eigenvalue weighted by Crippen LogP contribution is -2.24. The summed E-state index contributed by atoms with van der Waals surface area (Å²) >= 11 is 12.7.